The summed E-state index contributed by atoms with van der Waals surface area (Å²) in [6.45, 7) is 11.5. The van der Waals surface area contributed by atoms with Gasteiger partial charge in [-0.15, -0.1) is 5.10 Å². The van der Waals surface area contributed by atoms with E-state index in [0.29, 0.717) is 5.69 Å². The van der Waals surface area contributed by atoms with Crippen LogP contribution in [-0.2, 0) is 12.0 Å². The summed E-state index contributed by atoms with van der Waals surface area (Å²) in [6.07, 6.45) is 0. The maximum atomic E-state index is 11.2. The van der Waals surface area contributed by atoms with E-state index in [4.69, 9.17) is 0 Å². The molecule has 0 spiro atoms. The molecule has 0 fully saturated rings. The molecule has 6 nitrogen and oxygen atoms in total. The van der Waals surface area contributed by atoms with Crippen LogP contribution >= 0.6 is 0 Å². The zero-order valence-corrected chi connectivity index (χ0v) is 12.4. The van der Waals surface area contributed by atoms with E-state index in [2.05, 4.69) is 10.3 Å². The van der Waals surface area contributed by atoms with E-state index in [1.165, 1.54) is 4.68 Å². The maximum absolute atomic E-state index is 11.2. The number of carboxylic acids is 1. The highest BCUT2D eigenvalue weighted by atomic mass is 16.4. The normalized spacial score (nSPS) is 15.6. The van der Waals surface area contributed by atoms with Gasteiger partial charge in [-0.3, -0.25) is 0 Å². The smallest absolute Gasteiger partial charge is 0.358 e. The van der Waals surface area contributed by atoms with Crippen molar-refractivity contribution in [3.8, 4) is 0 Å². The molecule has 0 radical (unpaired) electrons. The second-order valence-electron chi connectivity index (χ2n) is 6.51. The fraction of sp³-hybridized carbons (Fsp3) is 0.769. The van der Waals surface area contributed by atoms with Crippen molar-refractivity contribution in [2.75, 3.05) is 0 Å². The van der Waals surface area contributed by atoms with Crippen molar-refractivity contribution in [3.05, 3.63) is 11.4 Å². The summed E-state index contributed by atoms with van der Waals surface area (Å²) in [4.78, 5) is 11.2. The van der Waals surface area contributed by atoms with Crippen molar-refractivity contribution >= 4 is 5.97 Å². The highest BCUT2D eigenvalue weighted by Crippen LogP contribution is 2.27. The SMILES string of the molecule is CC(C)C(C)(O)Cn1nnc(C(=O)O)c1C(C)(C)C. The van der Waals surface area contributed by atoms with Crippen LogP contribution in [0.3, 0.4) is 0 Å². The lowest BCUT2D eigenvalue weighted by Gasteiger charge is -2.29. The predicted octanol–water partition coefficient (Wildman–Crippen LogP) is 1.68. The molecular formula is C13H23N3O3. The van der Waals surface area contributed by atoms with E-state index in [9.17, 15) is 15.0 Å². The standard InChI is InChI=1S/C13H23N3O3/c1-8(2)13(6,19)7-16-10(12(3,4)5)9(11(17)18)14-15-16/h8,19H,7H2,1-6H3,(H,17,18). The second-order valence-corrected chi connectivity index (χ2v) is 6.51. The Labute approximate surface area is 113 Å². The zero-order valence-electron chi connectivity index (χ0n) is 12.4. The lowest BCUT2D eigenvalue weighted by atomic mass is 9.88. The largest absolute Gasteiger partial charge is 0.476 e. The number of rotatable bonds is 4. The van der Waals surface area contributed by atoms with Crippen molar-refractivity contribution in [3.63, 3.8) is 0 Å². The molecule has 0 bridgehead atoms. The molecule has 1 rings (SSSR count). The van der Waals surface area contributed by atoms with Gasteiger partial charge in [0.15, 0.2) is 5.69 Å². The van der Waals surface area contributed by atoms with Crippen LogP contribution in [0.1, 0.15) is 57.7 Å². The fourth-order valence-electron chi connectivity index (χ4n) is 1.80. The Morgan fingerprint density at radius 2 is 1.84 bits per heavy atom. The number of carbonyl (C=O) groups is 1. The van der Waals surface area contributed by atoms with Crippen LogP contribution in [0.4, 0.5) is 0 Å². The summed E-state index contributed by atoms with van der Waals surface area (Å²) in [6, 6.07) is 0. The van der Waals surface area contributed by atoms with E-state index in [1.54, 1.807) is 6.92 Å². The molecule has 0 aliphatic rings. The molecular weight excluding hydrogens is 246 g/mol. The number of aromatic carboxylic acids is 1. The fourth-order valence-corrected chi connectivity index (χ4v) is 1.80. The van der Waals surface area contributed by atoms with Gasteiger partial charge in [0, 0.05) is 5.41 Å². The van der Waals surface area contributed by atoms with E-state index in [0.717, 1.165) is 0 Å². The van der Waals surface area contributed by atoms with Crippen LogP contribution in [0, 0.1) is 5.92 Å². The molecule has 0 saturated heterocycles. The Balaban J connectivity index is 3.27. The van der Waals surface area contributed by atoms with Gasteiger partial charge in [-0.1, -0.05) is 39.8 Å². The molecule has 1 aromatic heterocycles. The summed E-state index contributed by atoms with van der Waals surface area (Å²) in [7, 11) is 0. The van der Waals surface area contributed by atoms with E-state index in [1.807, 2.05) is 34.6 Å². The van der Waals surface area contributed by atoms with Gasteiger partial charge in [0.1, 0.15) is 0 Å². The minimum Gasteiger partial charge on any atom is -0.476 e. The third-order valence-corrected chi connectivity index (χ3v) is 3.36. The molecule has 0 saturated carbocycles. The Bertz CT molecular complexity index is 470. The minimum atomic E-state index is -1.10. The first kappa shape index (κ1) is 15.6. The number of hydrogen-bond donors (Lipinski definition) is 2. The van der Waals surface area contributed by atoms with Gasteiger partial charge in [0.05, 0.1) is 17.8 Å². The number of nitrogens with zero attached hydrogens (tertiary/aromatic N) is 3. The Hall–Kier alpha value is -1.43. The second kappa shape index (κ2) is 4.92. The third-order valence-electron chi connectivity index (χ3n) is 3.36. The van der Waals surface area contributed by atoms with Crippen LogP contribution < -0.4 is 0 Å². The predicted molar refractivity (Wildman–Crippen MR) is 71.1 cm³/mol. The Kier molecular flexibility index (Phi) is 4.05. The summed E-state index contributed by atoms with van der Waals surface area (Å²) in [5, 5.41) is 27.1. The monoisotopic (exact) mass is 269 g/mol. The number of aromatic nitrogens is 3. The van der Waals surface area contributed by atoms with Crippen molar-refractivity contribution in [2.45, 2.75) is 59.1 Å². The van der Waals surface area contributed by atoms with E-state index < -0.39 is 17.0 Å². The number of hydrogen-bond acceptors (Lipinski definition) is 4. The van der Waals surface area contributed by atoms with Crippen molar-refractivity contribution < 1.29 is 15.0 Å². The minimum absolute atomic E-state index is 0.0257. The van der Waals surface area contributed by atoms with Gasteiger partial charge in [0.25, 0.3) is 0 Å². The summed E-state index contributed by atoms with van der Waals surface area (Å²) < 4.78 is 1.50. The summed E-state index contributed by atoms with van der Waals surface area (Å²) in [5.74, 6) is -1.07. The van der Waals surface area contributed by atoms with Gasteiger partial charge in [-0.25, -0.2) is 9.48 Å². The topological polar surface area (TPSA) is 88.2 Å². The zero-order chi connectivity index (χ0) is 15.0. The van der Waals surface area contributed by atoms with Crippen LogP contribution in [-0.4, -0.2) is 36.8 Å². The summed E-state index contributed by atoms with van der Waals surface area (Å²) in [5.41, 5.74) is -0.902. The van der Waals surface area contributed by atoms with Crippen LogP contribution in [0.15, 0.2) is 0 Å². The van der Waals surface area contributed by atoms with Crippen molar-refractivity contribution in [2.24, 2.45) is 5.92 Å². The first-order chi connectivity index (χ1) is 8.47. The number of aliphatic hydroxyl groups is 1. The van der Waals surface area contributed by atoms with E-state index in [-0.39, 0.29) is 18.2 Å². The lowest BCUT2D eigenvalue weighted by Crippen LogP contribution is -2.38. The highest BCUT2D eigenvalue weighted by Gasteiger charge is 2.33. The lowest BCUT2D eigenvalue weighted by molar-refractivity contribution is -0.00740. The summed E-state index contributed by atoms with van der Waals surface area (Å²) >= 11 is 0. The first-order valence-electron chi connectivity index (χ1n) is 6.36. The molecule has 0 amide bonds. The van der Waals surface area contributed by atoms with Crippen molar-refractivity contribution in [1.29, 1.82) is 0 Å². The van der Waals surface area contributed by atoms with Gasteiger partial charge >= 0.3 is 5.97 Å². The van der Waals surface area contributed by atoms with E-state index >= 15 is 0 Å². The molecule has 1 aromatic rings. The Morgan fingerprint density at radius 3 is 2.21 bits per heavy atom. The molecule has 6 heteroatoms. The molecule has 1 unspecified atom stereocenters. The third kappa shape index (κ3) is 3.32. The molecule has 2 N–H and O–H groups in total. The molecule has 1 heterocycles. The van der Waals surface area contributed by atoms with Gasteiger partial charge in [-0.05, 0) is 12.8 Å². The van der Waals surface area contributed by atoms with Crippen LogP contribution in [0.5, 0.6) is 0 Å². The van der Waals surface area contributed by atoms with Gasteiger partial charge in [0.2, 0.25) is 0 Å². The van der Waals surface area contributed by atoms with Gasteiger partial charge in [-0.2, -0.15) is 0 Å². The maximum Gasteiger partial charge on any atom is 0.358 e. The average Bonchev–Trinajstić information content (AvgIpc) is 2.59. The van der Waals surface area contributed by atoms with Gasteiger partial charge < -0.3 is 10.2 Å². The molecule has 0 aromatic carbocycles. The Morgan fingerprint density at radius 1 is 1.32 bits per heavy atom. The molecule has 1 atom stereocenters. The first-order valence-corrected chi connectivity index (χ1v) is 6.36. The quantitative estimate of drug-likeness (QED) is 0.868. The van der Waals surface area contributed by atoms with Crippen LogP contribution in [0.2, 0.25) is 0 Å². The van der Waals surface area contributed by atoms with Crippen molar-refractivity contribution in [1.82, 2.24) is 15.0 Å². The van der Waals surface area contributed by atoms with Crippen LogP contribution in [0.25, 0.3) is 0 Å². The highest BCUT2D eigenvalue weighted by molar-refractivity contribution is 5.86. The molecule has 19 heavy (non-hydrogen) atoms. The molecule has 0 aliphatic heterocycles. The average molecular weight is 269 g/mol. The number of carboxylic acid groups (broad SMARTS) is 1. The molecule has 108 valence electrons. The molecule has 0 aliphatic carbocycles.